The van der Waals surface area contributed by atoms with Crippen molar-refractivity contribution in [2.75, 3.05) is 19.0 Å². The predicted molar refractivity (Wildman–Crippen MR) is 67.7 cm³/mol. The predicted octanol–water partition coefficient (Wildman–Crippen LogP) is 2.71. The van der Waals surface area contributed by atoms with Gasteiger partial charge in [0, 0.05) is 11.8 Å². The maximum absolute atomic E-state index is 11.5. The van der Waals surface area contributed by atoms with Gasteiger partial charge in [0.2, 0.25) is 5.91 Å². The fraction of sp³-hybridized carbons (Fsp3) is 0.417. The van der Waals surface area contributed by atoms with Crippen molar-refractivity contribution in [2.24, 2.45) is 0 Å². The zero-order valence-electron chi connectivity index (χ0n) is 10.1. The van der Waals surface area contributed by atoms with Gasteiger partial charge in [-0.1, -0.05) is 11.6 Å². The summed E-state index contributed by atoms with van der Waals surface area (Å²) in [6.07, 6.45) is 0.0282. The van der Waals surface area contributed by atoms with Gasteiger partial charge in [0.15, 0.2) is 0 Å². The summed E-state index contributed by atoms with van der Waals surface area (Å²) in [6, 6.07) is 5.03. The molecule has 0 aromatic heterocycles. The van der Waals surface area contributed by atoms with Gasteiger partial charge in [-0.25, -0.2) is 0 Å². The van der Waals surface area contributed by atoms with Crippen LogP contribution in [0.4, 0.5) is 5.69 Å². The lowest BCUT2D eigenvalue weighted by atomic mass is 10.3. The molecular weight excluding hydrogens is 242 g/mol. The number of carbonyl (C=O) groups is 1. The summed E-state index contributed by atoms with van der Waals surface area (Å²) in [5.41, 5.74) is 0.628. The lowest BCUT2D eigenvalue weighted by Crippen LogP contribution is -2.20. The van der Waals surface area contributed by atoms with Crippen molar-refractivity contribution in [2.45, 2.75) is 20.0 Å². The van der Waals surface area contributed by atoms with Crippen LogP contribution in [0.1, 0.15) is 13.8 Å². The summed E-state index contributed by atoms with van der Waals surface area (Å²) in [7, 11) is 1.52. The van der Waals surface area contributed by atoms with Crippen molar-refractivity contribution >= 4 is 23.2 Å². The lowest BCUT2D eigenvalue weighted by Gasteiger charge is -2.10. The molecule has 0 radical (unpaired) electrons. The van der Waals surface area contributed by atoms with E-state index in [1.807, 2.05) is 13.8 Å². The molecule has 1 aromatic carbocycles. The Balaban J connectivity index is 2.59. The van der Waals surface area contributed by atoms with E-state index in [4.69, 9.17) is 21.1 Å². The first-order valence-corrected chi connectivity index (χ1v) is 5.65. The molecule has 0 aliphatic carbocycles. The third-order valence-corrected chi connectivity index (χ3v) is 2.29. The minimum absolute atomic E-state index is 0.0282. The maximum atomic E-state index is 11.5. The molecule has 1 rings (SSSR count). The van der Waals surface area contributed by atoms with E-state index >= 15 is 0 Å². The fourth-order valence-electron chi connectivity index (χ4n) is 1.18. The lowest BCUT2D eigenvalue weighted by molar-refractivity contribution is -0.121. The highest BCUT2D eigenvalue weighted by Crippen LogP contribution is 2.27. The van der Waals surface area contributed by atoms with Crippen LogP contribution in [0.15, 0.2) is 18.2 Å². The van der Waals surface area contributed by atoms with Crippen LogP contribution in [0.5, 0.6) is 5.75 Å². The van der Waals surface area contributed by atoms with Crippen LogP contribution in [0.2, 0.25) is 5.02 Å². The number of methoxy groups -OCH3 is 1. The molecule has 0 aliphatic heterocycles. The number of carbonyl (C=O) groups excluding carboxylic acids is 1. The van der Waals surface area contributed by atoms with Gasteiger partial charge in [-0.05, 0) is 26.0 Å². The average Bonchev–Trinajstić information content (AvgIpc) is 2.29. The molecule has 1 aromatic rings. The van der Waals surface area contributed by atoms with Gasteiger partial charge in [-0.2, -0.15) is 0 Å². The quantitative estimate of drug-likeness (QED) is 0.882. The van der Waals surface area contributed by atoms with Crippen LogP contribution in [0.25, 0.3) is 0 Å². The molecule has 5 heteroatoms. The highest BCUT2D eigenvalue weighted by molar-refractivity contribution is 6.32. The molecule has 0 saturated carbocycles. The third-order valence-electron chi connectivity index (χ3n) is 1.98. The molecule has 4 nitrogen and oxygen atoms in total. The zero-order valence-corrected chi connectivity index (χ0v) is 10.9. The van der Waals surface area contributed by atoms with Crippen molar-refractivity contribution < 1.29 is 14.3 Å². The number of benzene rings is 1. The largest absolute Gasteiger partial charge is 0.495 e. The van der Waals surface area contributed by atoms with Crippen LogP contribution in [-0.4, -0.2) is 25.7 Å². The van der Waals surface area contributed by atoms with E-state index in [-0.39, 0.29) is 18.6 Å². The summed E-state index contributed by atoms with van der Waals surface area (Å²) in [6.45, 7) is 3.78. The Morgan fingerprint density at radius 3 is 2.76 bits per heavy atom. The van der Waals surface area contributed by atoms with Gasteiger partial charge in [-0.3, -0.25) is 4.79 Å². The smallest absolute Gasteiger partial charge is 0.250 e. The molecule has 17 heavy (non-hydrogen) atoms. The normalized spacial score (nSPS) is 10.4. The molecule has 0 heterocycles. The summed E-state index contributed by atoms with van der Waals surface area (Å²) in [4.78, 5) is 11.5. The Hall–Kier alpha value is -1.26. The summed E-state index contributed by atoms with van der Waals surface area (Å²) < 4.78 is 10.2. The standard InChI is InChI=1S/C12H16ClNO3/c1-8(2)17-7-12(15)14-9-4-5-10(13)11(6-9)16-3/h4-6,8H,7H2,1-3H3,(H,14,15). The molecule has 94 valence electrons. The van der Waals surface area contributed by atoms with E-state index in [9.17, 15) is 4.79 Å². The van der Waals surface area contributed by atoms with Crippen LogP contribution in [0, 0.1) is 0 Å². The van der Waals surface area contributed by atoms with E-state index in [2.05, 4.69) is 5.32 Å². The molecule has 0 saturated heterocycles. The number of amides is 1. The van der Waals surface area contributed by atoms with Crippen LogP contribution >= 0.6 is 11.6 Å². The number of halogens is 1. The first-order chi connectivity index (χ1) is 8.02. The first kappa shape index (κ1) is 13.8. The molecule has 0 atom stereocenters. The summed E-state index contributed by atoms with van der Waals surface area (Å²) in [5.74, 6) is 0.317. The minimum Gasteiger partial charge on any atom is -0.495 e. The van der Waals surface area contributed by atoms with E-state index in [1.165, 1.54) is 7.11 Å². The van der Waals surface area contributed by atoms with E-state index in [0.717, 1.165) is 0 Å². The van der Waals surface area contributed by atoms with Crippen molar-refractivity contribution in [3.05, 3.63) is 23.2 Å². The molecule has 1 N–H and O–H groups in total. The number of nitrogens with one attached hydrogen (secondary N) is 1. The average molecular weight is 258 g/mol. The SMILES string of the molecule is COc1cc(NC(=O)COC(C)C)ccc1Cl. The van der Waals surface area contributed by atoms with Gasteiger partial charge in [0.05, 0.1) is 18.2 Å². The van der Waals surface area contributed by atoms with Crippen LogP contribution < -0.4 is 10.1 Å². The Morgan fingerprint density at radius 2 is 2.18 bits per heavy atom. The van der Waals surface area contributed by atoms with Crippen LogP contribution in [0.3, 0.4) is 0 Å². The van der Waals surface area contributed by atoms with Gasteiger partial charge >= 0.3 is 0 Å². The summed E-state index contributed by atoms with van der Waals surface area (Å²) in [5, 5.41) is 3.20. The number of ether oxygens (including phenoxy) is 2. The van der Waals surface area contributed by atoms with Gasteiger partial charge < -0.3 is 14.8 Å². The van der Waals surface area contributed by atoms with Crippen LogP contribution in [-0.2, 0) is 9.53 Å². The van der Waals surface area contributed by atoms with E-state index in [0.29, 0.717) is 16.5 Å². The number of hydrogen-bond donors (Lipinski definition) is 1. The van der Waals surface area contributed by atoms with Gasteiger partial charge in [0.25, 0.3) is 0 Å². The van der Waals surface area contributed by atoms with Gasteiger partial charge in [0.1, 0.15) is 12.4 Å². The van der Waals surface area contributed by atoms with Crippen molar-refractivity contribution in [3.63, 3.8) is 0 Å². The Labute approximate surface area is 106 Å². The van der Waals surface area contributed by atoms with Crippen molar-refractivity contribution in [3.8, 4) is 5.75 Å². The second-order valence-electron chi connectivity index (χ2n) is 3.76. The Morgan fingerprint density at radius 1 is 1.47 bits per heavy atom. The molecule has 0 aliphatic rings. The molecule has 0 bridgehead atoms. The van der Waals surface area contributed by atoms with E-state index < -0.39 is 0 Å². The monoisotopic (exact) mass is 257 g/mol. The zero-order chi connectivity index (χ0) is 12.8. The maximum Gasteiger partial charge on any atom is 0.250 e. The second-order valence-corrected chi connectivity index (χ2v) is 4.16. The molecule has 0 fully saturated rings. The number of hydrogen-bond acceptors (Lipinski definition) is 3. The third kappa shape index (κ3) is 4.63. The summed E-state index contributed by atoms with van der Waals surface area (Å²) >= 11 is 5.87. The highest BCUT2D eigenvalue weighted by Gasteiger charge is 2.06. The van der Waals surface area contributed by atoms with Gasteiger partial charge in [-0.15, -0.1) is 0 Å². The minimum atomic E-state index is -0.205. The van der Waals surface area contributed by atoms with E-state index in [1.54, 1.807) is 18.2 Å². The second kappa shape index (κ2) is 6.47. The number of anilines is 1. The highest BCUT2D eigenvalue weighted by atomic mass is 35.5. The molecule has 0 spiro atoms. The number of rotatable bonds is 5. The first-order valence-electron chi connectivity index (χ1n) is 5.28. The Kier molecular flexibility index (Phi) is 5.25. The molecular formula is C12H16ClNO3. The topological polar surface area (TPSA) is 47.6 Å². The molecule has 1 amide bonds. The van der Waals surface area contributed by atoms with Crippen molar-refractivity contribution in [1.82, 2.24) is 0 Å². The fourth-order valence-corrected chi connectivity index (χ4v) is 1.37. The Bertz CT molecular complexity index is 393. The van der Waals surface area contributed by atoms with Crippen molar-refractivity contribution in [1.29, 1.82) is 0 Å². The molecule has 0 unspecified atom stereocenters.